The van der Waals surface area contributed by atoms with Gasteiger partial charge in [0.25, 0.3) is 0 Å². The lowest BCUT2D eigenvalue weighted by atomic mass is 10.2. The van der Waals surface area contributed by atoms with Gasteiger partial charge in [0.15, 0.2) is 11.5 Å². The molecule has 24 heavy (non-hydrogen) atoms. The summed E-state index contributed by atoms with van der Waals surface area (Å²) in [5.74, 6) is 1.37. The maximum Gasteiger partial charge on any atom is 0.238 e. The second-order valence-corrected chi connectivity index (χ2v) is 6.85. The average Bonchev–Trinajstić information content (AvgIpc) is 3.00. The molecule has 1 N–H and O–H groups in total. The number of nitrogens with one attached hydrogen (secondary N) is 1. The van der Waals surface area contributed by atoms with Crippen LogP contribution in [-0.2, 0) is 4.79 Å². The van der Waals surface area contributed by atoms with Gasteiger partial charge in [0.05, 0.1) is 19.8 Å². The van der Waals surface area contributed by atoms with E-state index in [0.717, 1.165) is 17.9 Å². The highest BCUT2D eigenvalue weighted by Gasteiger charge is 2.17. The van der Waals surface area contributed by atoms with Crippen molar-refractivity contribution in [3.63, 3.8) is 0 Å². The van der Waals surface area contributed by atoms with Crippen LogP contribution < -0.4 is 14.8 Å². The average molecular weight is 346 g/mol. The Labute approximate surface area is 146 Å². The van der Waals surface area contributed by atoms with E-state index in [1.54, 1.807) is 11.3 Å². The molecule has 2 aromatic rings. The summed E-state index contributed by atoms with van der Waals surface area (Å²) in [4.78, 5) is 15.6. The third-order valence-corrected chi connectivity index (χ3v) is 5.08. The number of ether oxygens (including phenoxy) is 2. The number of carbonyl (C=O) groups excluding carboxylic acids is 1. The van der Waals surface area contributed by atoms with E-state index in [1.807, 2.05) is 36.2 Å². The number of benzene rings is 1. The van der Waals surface area contributed by atoms with Crippen LogP contribution in [0.2, 0.25) is 0 Å². The van der Waals surface area contributed by atoms with E-state index in [9.17, 15) is 4.79 Å². The molecule has 1 atom stereocenters. The number of hydrogen-bond donors (Lipinski definition) is 1. The Balaban J connectivity index is 1.59. The van der Waals surface area contributed by atoms with Gasteiger partial charge in [-0.05, 0) is 37.6 Å². The van der Waals surface area contributed by atoms with Gasteiger partial charge in [0.1, 0.15) is 0 Å². The lowest BCUT2D eigenvalue weighted by molar-refractivity contribution is -0.117. The number of carbonyl (C=O) groups is 1. The zero-order chi connectivity index (χ0) is 16.9. The topological polar surface area (TPSA) is 50.8 Å². The maximum atomic E-state index is 12.3. The van der Waals surface area contributed by atoms with Crippen LogP contribution in [0.15, 0.2) is 35.7 Å². The van der Waals surface area contributed by atoms with Crippen LogP contribution in [0.3, 0.4) is 0 Å². The fourth-order valence-corrected chi connectivity index (χ4v) is 3.40. The Morgan fingerprint density at radius 1 is 1.29 bits per heavy atom. The molecule has 1 aliphatic rings. The van der Waals surface area contributed by atoms with Gasteiger partial charge in [-0.25, -0.2) is 0 Å². The minimum atomic E-state index is -0.0459. The van der Waals surface area contributed by atoms with Gasteiger partial charge in [-0.3, -0.25) is 9.69 Å². The van der Waals surface area contributed by atoms with Crippen molar-refractivity contribution in [2.75, 3.05) is 32.1 Å². The molecule has 0 spiro atoms. The van der Waals surface area contributed by atoms with Crippen LogP contribution in [0.4, 0.5) is 5.69 Å². The highest BCUT2D eigenvalue weighted by molar-refractivity contribution is 7.10. The molecular weight excluding hydrogens is 324 g/mol. The van der Waals surface area contributed by atoms with Crippen molar-refractivity contribution in [3.8, 4) is 11.5 Å². The molecule has 1 aromatic carbocycles. The van der Waals surface area contributed by atoms with E-state index in [2.05, 4.69) is 23.7 Å². The Bertz CT molecular complexity index is 688. The Morgan fingerprint density at radius 3 is 2.83 bits per heavy atom. The van der Waals surface area contributed by atoms with E-state index >= 15 is 0 Å². The number of likely N-dealkylation sites (N-methyl/N-ethyl adjacent to an activating group) is 1. The third kappa shape index (κ3) is 4.07. The van der Waals surface area contributed by atoms with Crippen LogP contribution in [0.5, 0.6) is 11.5 Å². The second-order valence-electron chi connectivity index (χ2n) is 5.87. The normalized spacial score (nSPS) is 15.0. The smallest absolute Gasteiger partial charge is 0.238 e. The van der Waals surface area contributed by atoms with Crippen LogP contribution in [0.1, 0.15) is 24.3 Å². The summed E-state index contributed by atoms with van der Waals surface area (Å²) in [7, 11) is 1.96. The van der Waals surface area contributed by atoms with Crippen LogP contribution in [0.25, 0.3) is 0 Å². The van der Waals surface area contributed by atoms with Crippen LogP contribution in [0, 0.1) is 0 Å². The molecule has 5 nitrogen and oxygen atoms in total. The first kappa shape index (κ1) is 16.8. The van der Waals surface area contributed by atoms with Crippen molar-refractivity contribution in [1.82, 2.24) is 4.90 Å². The molecular formula is C18H22N2O3S. The molecule has 0 fully saturated rings. The van der Waals surface area contributed by atoms with Gasteiger partial charge >= 0.3 is 0 Å². The first-order valence-electron chi connectivity index (χ1n) is 8.06. The van der Waals surface area contributed by atoms with Gasteiger partial charge in [0.2, 0.25) is 5.91 Å². The highest BCUT2D eigenvalue weighted by Crippen LogP contribution is 2.32. The first-order chi connectivity index (χ1) is 11.6. The summed E-state index contributed by atoms with van der Waals surface area (Å²) < 4.78 is 11.3. The number of amides is 1. The van der Waals surface area contributed by atoms with E-state index in [4.69, 9.17) is 9.47 Å². The third-order valence-electron chi connectivity index (χ3n) is 4.04. The summed E-state index contributed by atoms with van der Waals surface area (Å²) in [5, 5.41) is 4.98. The van der Waals surface area contributed by atoms with Gasteiger partial charge in [-0.2, -0.15) is 0 Å². The molecule has 6 heteroatoms. The molecule has 2 heterocycles. The number of hydrogen-bond acceptors (Lipinski definition) is 5. The number of rotatable bonds is 5. The predicted molar refractivity (Wildman–Crippen MR) is 96.0 cm³/mol. The van der Waals surface area contributed by atoms with Gasteiger partial charge in [-0.15, -0.1) is 11.3 Å². The Kier molecular flexibility index (Phi) is 5.37. The van der Waals surface area contributed by atoms with Crippen LogP contribution in [-0.4, -0.2) is 37.6 Å². The molecule has 0 saturated carbocycles. The van der Waals surface area contributed by atoms with Crippen LogP contribution >= 0.6 is 11.3 Å². The lowest BCUT2D eigenvalue weighted by Gasteiger charge is -2.23. The molecule has 1 aliphatic heterocycles. The van der Waals surface area contributed by atoms with E-state index < -0.39 is 0 Å². The van der Waals surface area contributed by atoms with E-state index in [0.29, 0.717) is 25.5 Å². The summed E-state index contributed by atoms with van der Waals surface area (Å²) in [5.41, 5.74) is 0.724. The summed E-state index contributed by atoms with van der Waals surface area (Å²) in [6, 6.07) is 9.83. The minimum absolute atomic E-state index is 0.0459. The van der Waals surface area contributed by atoms with E-state index in [-0.39, 0.29) is 11.9 Å². The van der Waals surface area contributed by atoms with Crippen molar-refractivity contribution in [1.29, 1.82) is 0 Å². The molecule has 3 rings (SSSR count). The SMILES string of the molecule is C[C@H](c1cccs1)N(C)CC(=O)Nc1ccc2c(c1)OCCCO2. The van der Waals surface area contributed by atoms with Gasteiger partial charge in [-0.1, -0.05) is 6.07 Å². The van der Waals surface area contributed by atoms with Crippen molar-refractivity contribution >= 4 is 22.9 Å². The number of anilines is 1. The van der Waals surface area contributed by atoms with Crippen molar-refractivity contribution in [2.24, 2.45) is 0 Å². The maximum absolute atomic E-state index is 12.3. The molecule has 0 radical (unpaired) electrons. The fourth-order valence-electron chi connectivity index (χ4n) is 2.55. The number of fused-ring (bicyclic) bond motifs is 1. The van der Waals surface area contributed by atoms with Crippen molar-refractivity contribution < 1.29 is 14.3 Å². The zero-order valence-electron chi connectivity index (χ0n) is 14.0. The standard InChI is InChI=1S/C18H22N2O3S/c1-13(17-5-3-10-24-17)20(2)12-18(21)19-14-6-7-15-16(11-14)23-9-4-8-22-15/h3,5-7,10-11,13H,4,8-9,12H2,1-2H3,(H,19,21)/t13-/m1/s1. The van der Waals surface area contributed by atoms with E-state index in [1.165, 1.54) is 4.88 Å². The van der Waals surface area contributed by atoms with Gasteiger partial charge in [0, 0.05) is 29.1 Å². The number of thiophene rings is 1. The molecule has 128 valence electrons. The molecule has 0 unspecified atom stereocenters. The van der Waals surface area contributed by atoms with Crippen molar-refractivity contribution in [2.45, 2.75) is 19.4 Å². The number of nitrogens with zero attached hydrogens (tertiary/aromatic N) is 1. The van der Waals surface area contributed by atoms with Gasteiger partial charge < -0.3 is 14.8 Å². The first-order valence-corrected chi connectivity index (χ1v) is 8.94. The monoisotopic (exact) mass is 346 g/mol. The fraction of sp³-hybridized carbons (Fsp3) is 0.389. The molecule has 1 amide bonds. The summed E-state index contributed by atoms with van der Waals surface area (Å²) >= 11 is 1.70. The molecule has 0 saturated heterocycles. The summed E-state index contributed by atoms with van der Waals surface area (Å²) in [6.45, 7) is 3.72. The predicted octanol–water partition coefficient (Wildman–Crippen LogP) is 3.54. The highest BCUT2D eigenvalue weighted by atomic mass is 32.1. The van der Waals surface area contributed by atoms with Crippen molar-refractivity contribution in [3.05, 3.63) is 40.6 Å². The minimum Gasteiger partial charge on any atom is -0.490 e. The Morgan fingerprint density at radius 2 is 2.08 bits per heavy atom. The quantitative estimate of drug-likeness (QED) is 0.900. The molecule has 0 aliphatic carbocycles. The largest absolute Gasteiger partial charge is 0.490 e. The lowest BCUT2D eigenvalue weighted by Crippen LogP contribution is -2.31. The summed E-state index contributed by atoms with van der Waals surface area (Å²) in [6.07, 6.45) is 0.863. The Hall–Kier alpha value is -2.05. The molecule has 0 bridgehead atoms. The zero-order valence-corrected chi connectivity index (χ0v) is 14.8. The second kappa shape index (κ2) is 7.68. The molecule has 1 aromatic heterocycles.